The molecule has 2 aromatic rings. The van der Waals surface area contributed by atoms with Gasteiger partial charge in [0.15, 0.2) is 17.3 Å². The fraction of sp³-hybridized carbons (Fsp3) is 0.368. The van der Waals surface area contributed by atoms with Crippen LogP contribution in [0.1, 0.15) is 36.7 Å². The molecule has 0 saturated carbocycles. The lowest BCUT2D eigenvalue weighted by Gasteiger charge is -2.17. The van der Waals surface area contributed by atoms with Gasteiger partial charge in [0.25, 0.3) is 5.91 Å². The number of halogens is 4. The number of aromatic nitrogens is 1. The zero-order valence-corrected chi connectivity index (χ0v) is 17.3. The SMILES string of the molecule is CCOc1cc(C(=O)NNc2ncc(C(F)(F)F)cc2Cl)cc(OCC)c1OCC. The molecule has 0 radical (unpaired) electrons. The van der Waals surface area contributed by atoms with E-state index in [0.717, 1.165) is 0 Å². The van der Waals surface area contributed by atoms with E-state index in [1.165, 1.54) is 12.1 Å². The molecule has 0 spiro atoms. The van der Waals surface area contributed by atoms with Crippen LogP contribution in [-0.2, 0) is 6.18 Å². The van der Waals surface area contributed by atoms with Crippen molar-refractivity contribution in [1.82, 2.24) is 10.4 Å². The molecule has 0 aliphatic heterocycles. The number of benzene rings is 1. The van der Waals surface area contributed by atoms with Crippen molar-refractivity contribution in [2.75, 3.05) is 25.2 Å². The predicted octanol–water partition coefficient (Wildman–Crippen LogP) is 4.71. The Morgan fingerprint density at radius 2 is 1.60 bits per heavy atom. The van der Waals surface area contributed by atoms with Gasteiger partial charge < -0.3 is 14.2 Å². The van der Waals surface area contributed by atoms with Gasteiger partial charge in [-0.05, 0) is 39.0 Å². The van der Waals surface area contributed by atoms with Gasteiger partial charge in [0, 0.05) is 11.8 Å². The van der Waals surface area contributed by atoms with Crippen LogP contribution in [-0.4, -0.2) is 30.7 Å². The molecule has 0 bridgehead atoms. The maximum absolute atomic E-state index is 12.7. The number of amides is 1. The number of carbonyl (C=O) groups is 1. The summed E-state index contributed by atoms with van der Waals surface area (Å²) in [4.78, 5) is 16.2. The minimum absolute atomic E-state index is 0.140. The molecule has 1 heterocycles. The van der Waals surface area contributed by atoms with E-state index in [0.29, 0.717) is 49.3 Å². The molecule has 0 unspecified atom stereocenters. The first-order valence-electron chi connectivity index (χ1n) is 9.06. The molecule has 0 fully saturated rings. The number of rotatable bonds is 9. The predicted molar refractivity (Wildman–Crippen MR) is 105 cm³/mol. The Labute approximate surface area is 176 Å². The van der Waals surface area contributed by atoms with Crippen LogP contribution < -0.4 is 25.1 Å². The van der Waals surface area contributed by atoms with Crippen LogP contribution in [0.15, 0.2) is 24.4 Å². The summed E-state index contributed by atoms with van der Waals surface area (Å²) in [5.74, 6) is 0.261. The van der Waals surface area contributed by atoms with Crippen LogP contribution in [0.3, 0.4) is 0 Å². The van der Waals surface area contributed by atoms with E-state index in [-0.39, 0.29) is 16.4 Å². The van der Waals surface area contributed by atoms with Crippen molar-refractivity contribution < 1.29 is 32.2 Å². The summed E-state index contributed by atoms with van der Waals surface area (Å²) < 4.78 is 54.8. The van der Waals surface area contributed by atoms with Gasteiger partial charge in [-0.1, -0.05) is 11.6 Å². The first-order valence-corrected chi connectivity index (χ1v) is 9.44. The molecule has 0 saturated heterocycles. The second kappa shape index (κ2) is 10.2. The van der Waals surface area contributed by atoms with Crippen molar-refractivity contribution >= 4 is 23.3 Å². The Hall–Kier alpha value is -2.88. The Morgan fingerprint density at radius 3 is 2.07 bits per heavy atom. The number of anilines is 1. The van der Waals surface area contributed by atoms with Gasteiger partial charge in [-0.2, -0.15) is 13.2 Å². The first-order chi connectivity index (χ1) is 14.2. The lowest BCUT2D eigenvalue weighted by atomic mass is 10.1. The van der Waals surface area contributed by atoms with E-state index in [1.54, 1.807) is 20.8 Å². The topological polar surface area (TPSA) is 81.7 Å². The lowest BCUT2D eigenvalue weighted by molar-refractivity contribution is -0.137. The quantitative estimate of drug-likeness (QED) is 0.542. The standard InChI is InChI=1S/C19H21ClF3N3O4/c1-4-28-14-7-11(8-15(29-5-2)16(14)30-6-3)18(27)26-25-17-13(20)9-12(10-24-17)19(21,22)23/h7-10H,4-6H2,1-3H3,(H,24,25)(H,26,27). The Balaban J connectivity index is 2.24. The smallest absolute Gasteiger partial charge is 0.417 e. The van der Waals surface area contributed by atoms with Crippen LogP contribution in [0.5, 0.6) is 17.2 Å². The summed E-state index contributed by atoms with van der Waals surface area (Å²) in [5, 5.41) is -0.304. The van der Waals surface area contributed by atoms with Crippen molar-refractivity contribution in [2.24, 2.45) is 0 Å². The maximum Gasteiger partial charge on any atom is 0.417 e. The summed E-state index contributed by atoms with van der Waals surface area (Å²) in [7, 11) is 0. The average molecular weight is 448 g/mol. The number of hydrazine groups is 1. The van der Waals surface area contributed by atoms with Gasteiger partial charge >= 0.3 is 6.18 Å². The lowest BCUT2D eigenvalue weighted by Crippen LogP contribution is -2.30. The monoisotopic (exact) mass is 447 g/mol. The van der Waals surface area contributed by atoms with Crippen LogP contribution in [0.25, 0.3) is 0 Å². The summed E-state index contributed by atoms with van der Waals surface area (Å²) in [6.45, 7) is 6.40. The normalized spacial score (nSPS) is 11.0. The third-order valence-corrected chi connectivity index (χ3v) is 3.92. The van der Waals surface area contributed by atoms with Crippen LogP contribution >= 0.6 is 11.6 Å². The van der Waals surface area contributed by atoms with E-state index in [4.69, 9.17) is 25.8 Å². The Morgan fingerprint density at radius 1 is 1.03 bits per heavy atom. The fourth-order valence-corrected chi connectivity index (χ4v) is 2.61. The molecule has 164 valence electrons. The number of hydrogen-bond donors (Lipinski definition) is 2. The van der Waals surface area contributed by atoms with Crippen LogP contribution in [0.2, 0.25) is 5.02 Å². The van der Waals surface area contributed by atoms with E-state index in [9.17, 15) is 18.0 Å². The largest absolute Gasteiger partial charge is 0.490 e. The highest BCUT2D eigenvalue weighted by Gasteiger charge is 2.31. The fourth-order valence-electron chi connectivity index (χ4n) is 2.39. The minimum atomic E-state index is -4.58. The van der Waals surface area contributed by atoms with Crippen molar-refractivity contribution in [3.05, 3.63) is 40.5 Å². The zero-order valence-electron chi connectivity index (χ0n) is 16.5. The third kappa shape index (κ3) is 5.82. The second-order valence-electron chi connectivity index (χ2n) is 5.73. The summed E-state index contributed by atoms with van der Waals surface area (Å²) >= 11 is 5.82. The number of hydrogen-bond acceptors (Lipinski definition) is 6. The molecule has 7 nitrogen and oxygen atoms in total. The van der Waals surface area contributed by atoms with Gasteiger partial charge in [-0.3, -0.25) is 15.6 Å². The van der Waals surface area contributed by atoms with Crippen LogP contribution in [0, 0.1) is 0 Å². The third-order valence-electron chi connectivity index (χ3n) is 3.63. The van der Waals surface area contributed by atoms with Gasteiger partial charge in [-0.15, -0.1) is 0 Å². The molecular weight excluding hydrogens is 427 g/mol. The molecule has 11 heteroatoms. The van der Waals surface area contributed by atoms with Crippen molar-refractivity contribution in [3.63, 3.8) is 0 Å². The van der Waals surface area contributed by atoms with E-state index >= 15 is 0 Å². The van der Waals surface area contributed by atoms with Crippen LogP contribution in [0.4, 0.5) is 19.0 Å². The average Bonchev–Trinajstić information content (AvgIpc) is 2.68. The molecule has 1 aromatic heterocycles. The zero-order chi connectivity index (χ0) is 22.3. The number of ether oxygens (including phenoxy) is 3. The van der Waals surface area contributed by atoms with E-state index < -0.39 is 17.6 Å². The molecule has 2 N–H and O–H groups in total. The number of carbonyl (C=O) groups excluding carboxylic acids is 1. The number of alkyl halides is 3. The van der Waals surface area contributed by atoms with Crippen molar-refractivity contribution in [2.45, 2.75) is 26.9 Å². The van der Waals surface area contributed by atoms with E-state index in [1.807, 2.05) is 0 Å². The minimum Gasteiger partial charge on any atom is -0.490 e. The highest BCUT2D eigenvalue weighted by Crippen LogP contribution is 2.39. The molecule has 0 aliphatic rings. The number of nitrogens with one attached hydrogen (secondary N) is 2. The highest BCUT2D eigenvalue weighted by atomic mass is 35.5. The molecule has 1 amide bonds. The first kappa shape index (κ1) is 23.4. The number of nitrogens with zero attached hydrogens (tertiary/aromatic N) is 1. The van der Waals surface area contributed by atoms with Gasteiger partial charge in [0.05, 0.1) is 30.4 Å². The van der Waals surface area contributed by atoms with Gasteiger partial charge in [0.2, 0.25) is 5.75 Å². The Bertz CT molecular complexity index is 867. The van der Waals surface area contributed by atoms with Gasteiger partial charge in [-0.25, -0.2) is 4.98 Å². The molecule has 0 atom stereocenters. The molecule has 2 rings (SSSR count). The molecule has 0 aliphatic carbocycles. The second-order valence-corrected chi connectivity index (χ2v) is 6.14. The van der Waals surface area contributed by atoms with E-state index in [2.05, 4.69) is 15.8 Å². The maximum atomic E-state index is 12.7. The molecule has 30 heavy (non-hydrogen) atoms. The molecule has 1 aromatic carbocycles. The highest BCUT2D eigenvalue weighted by molar-refractivity contribution is 6.33. The van der Waals surface area contributed by atoms with Gasteiger partial charge in [0.1, 0.15) is 0 Å². The summed E-state index contributed by atoms with van der Waals surface area (Å²) in [6.07, 6.45) is -3.97. The Kier molecular flexibility index (Phi) is 7.99. The number of pyridine rings is 1. The summed E-state index contributed by atoms with van der Waals surface area (Å²) in [6, 6.07) is 3.64. The van der Waals surface area contributed by atoms with Crippen molar-refractivity contribution in [3.8, 4) is 17.2 Å². The summed E-state index contributed by atoms with van der Waals surface area (Å²) in [5.41, 5.74) is 3.91. The molecular formula is C19H21ClF3N3O4. The van der Waals surface area contributed by atoms with Crippen molar-refractivity contribution in [1.29, 1.82) is 0 Å².